The Morgan fingerprint density at radius 1 is 1.31 bits per heavy atom. The van der Waals surface area contributed by atoms with Crippen molar-refractivity contribution in [1.82, 2.24) is 20.0 Å². The van der Waals surface area contributed by atoms with Crippen molar-refractivity contribution < 1.29 is 0 Å². The first-order valence-corrected chi connectivity index (χ1v) is 5.38. The van der Waals surface area contributed by atoms with E-state index >= 15 is 0 Å². The number of rotatable bonds is 4. The molecule has 2 heterocycles. The van der Waals surface area contributed by atoms with E-state index < -0.39 is 0 Å². The third-order valence-corrected chi connectivity index (χ3v) is 2.44. The number of nitrogens with zero attached hydrogens (tertiary/aromatic N) is 4. The van der Waals surface area contributed by atoms with Gasteiger partial charge in [-0.3, -0.25) is 4.98 Å². The molecule has 0 atom stereocenters. The molecular weight excluding hydrogens is 202 g/mol. The summed E-state index contributed by atoms with van der Waals surface area (Å²) in [5.74, 6) is 0.538. The van der Waals surface area contributed by atoms with Crippen LogP contribution in [-0.2, 0) is 13.0 Å². The Labute approximate surface area is 94.3 Å². The molecule has 0 saturated heterocycles. The zero-order valence-corrected chi connectivity index (χ0v) is 9.30. The SMILES string of the molecule is CCCc1c(N)nnn1Cc1ccncc1. The summed E-state index contributed by atoms with van der Waals surface area (Å²) < 4.78 is 1.86. The quantitative estimate of drug-likeness (QED) is 0.837. The van der Waals surface area contributed by atoms with E-state index in [-0.39, 0.29) is 0 Å². The molecule has 84 valence electrons. The van der Waals surface area contributed by atoms with Crippen LogP contribution in [0.25, 0.3) is 0 Å². The van der Waals surface area contributed by atoms with Gasteiger partial charge in [-0.05, 0) is 24.1 Å². The van der Waals surface area contributed by atoms with Gasteiger partial charge in [0.2, 0.25) is 0 Å². The molecule has 5 heteroatoms. The lowest BCUT2D eigenvalue weighted by Gasteiger charge is -2.05. The van der Waals surface area contributed by atoms with Gasteiger partial charge < -0.3 is 5.73 Å². The van der Waals surface area contributed by atoms with Crippen molar-refractivity contribution in [2.24, 2.45) is 0 Å². The molecule has 0 saturated carbocycles. The highest BCUT2D eigenvalue weighted by atomic mass is 15.4. The molecule has 0 unspecified atom stereocenters. The maximum Gasteiger partial charge on any atom is 0.169 e. The second kappa shape index (κ2) is 4.74. The van der Waals surface area contributed by atoms with Gasteiger partial charge in [-0.1, -0.05) is 18.6 Å². The van der Waals surface area contributed by atoms with Crippen LogP contribution in [0.1, 0.15) is 24.6 Å². The molecule has 2 N–H and O–H groups in total. The fourth-order valence-corrected chi connectivity index (χ4v) is 1.63. The lowest BCUT2D eigenvalue weighted by Crippen LogP contribution is -2.07. The van der Waals surface area contributed by atoms with E-state index in [9.17, 15) is 0 Å². The van der Waals surface area contributed by atoms with Crippen molar-refractivity contribution in [2.75, 3.05) is 5.73 Å². The maximum atomic E-state index is 5.77. The summed E-state index contributed by atoms with van der Waals surface area (Å²) in [6.07, 6.45) is 5.49. The van der Waals surface area contributed by atoms with E-state index in [4.69, 9.17) is 5.73 Å². The van der Waals surface area contributed by atoms with Crippen LogP contribution >= 0.6 is 0 Å². The van der Waals surface area contributed by atoms with Gasteiger partial charge >= 0.3 is 0 Å². The predicted octanol–water partition coefficient (Wildman–Crippen LogP) is 1.26. The fourth-order valence-electron chi connectivity index (χ4n) is 1.63. The number of nitrogens with two attached hydrogens (primary N) is 1. The molecule has 0 radical (unpaired) electrons. The minimum absolute atomic E-state index is 0.538. The predicted molar refractivity (Wildman–Crippen MR) is 61.8 cm³/mol. The van der Waals surface area contributed by atoms with Gasteiger partial charge in [0.05, 0.1) is 12.2 Å². The smallest absolute Gasteiger partial charge is 0.169 e. The first kappa shape index (κ1) is 10.6. The van der Waals surface area contributed by atoms with Crippen LogP contribution in [0.15, 0.2) is 24.5 Å². The van der Waals surface area contributed by atoms with Crippen LogP contribution in [-0.4, -0.2) is 20.0 Å². The Kier molecular flexibility index (Phi) is 3.14. The van der Waals surface area contributed by atoms with Crippen molar-refractivity contribution in [1.29, 1.82) is 0 Å². The van der Waals surface area contributed by atoms with E-state index in [0.717, 1.165) is 24.1 Å². The zero-order valence-electron chi connectivity index (χ0n) is 9.30. The number of pyridine rings is 1. The van der Waals surface area contributed by atoms with Gasteiger partial charge in [-0.25, -0.2) is 4.68 Å². The number of nitrogen functional groups attached to an aromatic ring is 1. The molecule has 0 bridgehead atoms. The van der Waals surface area contributed by atoms with Crippen molar-refractivity contribution >= 4 is 5.82 Å². The normalized spacial score (nSPS) is 10.6. The number of hydrogen-bond acceptors (Lipinski definition) is 4. The van der Waals surface area contributed by atoms with E-state index in [2.05, 4.69) is 22.2 Å². The number of anilines is 1. The van der Waals surface area contributed by atoms with E-state index in [1.165, 1.54) is 0 Å². The number of aromatic nitrogens is 4. The second-order valence-electron chi connectivity index (χ2n) is 3.68. The third-order valence-electron chi connectivity index (χ3n) is 2.44. The van der Waals surface area contributed by atoms with Crippen molar-refractivity contribution in [3.63, 3.8) is 0 Å². The fraction of sp³-hybridized carbons (Fsp3) is 0.364. The van der Waals surface area contributed by atoms with E-state index in [1.807, 2.05) is 16.8 Å². The van der Waals surface area contributed by atoms with Crippen LogP contribution in [0, 0.1) is 0 Å². The van der Waals surface area contributed by atoms with Gasteiger partial charge in [-0.2, -0.15) is 0 Å². The van der Waals surface area contributed by atoms with Crippen molar-refractivity contribution in [3.05, 3.63) is 35.8 Å². The molecule has 0 aromatic carbocycles. The highest BCUT2D eigenvalue weighted by molar-refractivity contribution is 5.33. The Balaban J connectivity index is 2.21. The summed E-state index contributed by atoms with van der Waals surface area (Å²) in [4.78, 5) is 3.98. The Bertz CT molecular complexity index is 449. The molecule has 2 aromatic rings. The third kappa shape index (κ3) is 2.18. The van der Waals surface area contributed by atoms with Crippen LogP contribution in [0.2, 0.25) is 0 Å². The molecular formula is C11H15N5. The zero-order chi connectivity index (χ0) is 11.4. The highest BCUT2D eigenvalue weighted by Gasteiger charge is 2.08. The molecule has 2 aromatic heterocycles. The summed E-state index contributed by atoms with van der Waals surface area (Å²) in [6.45, 7) is 2.81. The average molecular weight is 217 g/mol. The maximum absolute atomic E-state index is 5.77. The van der Waals surface area contributed by atoms with Gasteiger partial charge in [0.25, 0.3) is 0 Å². The van der Waals surface area contributed by atoms with Crippen LogP contribution in [0.3, 0.4) is 0 Å². The van der Waals surface area contributed by atoms with Gasteiger partial charge in [0, 0.05) is 12.4 Å². The summed E-state index contributed by atoms with van der Waals surface area (Å²) >= 11 is 0. The minimum Gasteiger partial charge on any atom is -0.381 e. The Hall–Kier alpha value is -1.91. The largest absolute Gasteiger partial charge is 0.381 e. The van der Waals surface area contributed by atoms with Crippen LogP contribution < -0.4 is 5.73 Å². The molecule has 0 fully saturated rings. The monoisotopic (exact) mass is 217 g/mol. The second-order valence-corrected chi connectivity index (χ2v) is 3.68. The summed E-state index contributed by atoms with van der Waals surface area (Å²) in [6, 6.07) is 3.93. The summed E-state index contributed by atoms with van der Waals surface area (Å²) in [5.41, 5.74) is 7.94. The average Bonchev–Trinajstić information content (AvgIpc) is 2.64. The number of hydrogen-bond donors (Lipinski definition) is 1. The van der Waals surface area contributed by atoms with Crippen LogP contribution in [0.5, 0.6) is 0 Å². The first-order chi connectivity index (χ1) is 7.81. The van der Waals surface area contributed by atoms with Crippen molar-refractivity contribution in [3.8, 4) is 0 Å². The Morgan fingerprint density at radius 2 is 2.06 bits per heavy atom. The van der Waals surface area contributed by atoms with Crippen LogP contribution in [0.4, 0.5) is 5.82 Å². The molecule has 0 aliphatic carbocycles. The molecule has 16 heavy (non-hydrogen) atoms. The molecule has 0 aliphatic rings. The van der Waals surface area contributed by atoms with E-state index in [1.54, 1.807) is 12.4 Å². The summed E-state index contributed by atoms with van der Waals surface area (Å²) in [7, 11) is 0. The minimum atomic E-state index is 0.538. The first-order valence-electron chi connectivity index (χ1n) is 5.38. The summed E-state index contributed by atoms with van der Waals surface area (Å²) in [5, 5.41) is 7.96. The molecule has 0 amide bonds. The molecule has 2 rings (SSSR count). The highest BCUT2D eigenvalue weighted by Crippen LogP contribution is 2.11. The van der Waals surface area contributed by atoms with Crippen molar-refractivity contribution in [2.45, 2.75) is 26.3 Å². The van der Waals surface area contributed by atoms with Gasteiger partial charge in [-0.15, -0.1) is 5.10 Å². The lowest BCUT2D eigenvalue weighted by molar-refractivity contribution is 0.613. The molecule has 0 aliphatic heterocycles. The standard InChI is InChI=1S/C11H15N5/c1-2-3-10-11(12)14-15-16(10)8-9-4-6-13-7-5-9/h4-7H,2-3,8,12H2,1H3. The van der Waals surface area contributed by atoms with Gasteiger partial charge in [0.1, 0.15) is 0 Å². The lowest BCUT2D eigenvalue weighted by atomic mass is 10.2. The van der Waals surface area contributed by atoms with E-state index in [0.29, 0.717) is 12.4 Å². The van der Waals surface area contributed by atoms with Gasteiger partial charge in [0.15, 0.2) is 5.82 Å². The Morgan fingerprint density at radius 3 is 2.75 bits per heavy atom. The topological polar surface area (TPSA) is 69.6 Å². The molecule has 0 spiro atoms. The molecule has 5 nitrogen and oxygen atoms in total.